The minimum absolute atomic E-state index is 0.627. The Bertz CT molecular complexity index is 841. The van der Waals surface area contributed by atoms with E-state index in [1.165, 1.54) is 27.5 Å². The van der Waals surface area contributed by atoms with Crippen LogP contribution in [-0.4, -0.2) is 4.57 Å². The molecule has 0 N–H and O–H groups in total. The number of para-hydroxylation sites is 2. The molecule has 1 heteroatoms. The smallest absolute Gasteiger partial charge is 0.0540 e. The van der Waals surface area contributed by atoms with Gasteiger partial charge in [-0.25, -0.2) is 0 Å². The third kappa shape index (κ3) is 2.00. The molecule has 0 bridgehead atoms. The van der Waals surface area contributed by atoms with E-state index in [4.69, 9.17) is 0 Å². The Morgan fingerprint density at radius 2 is 1.45 bits per heavy atom. The highest BCUT2D eigenvalue weighted by Gasteiger charge is 2.15. The molecule has 0 spiro atoms. The van der Waals surface area contributed by atoms with Crippen LogP contribution >= 0.6 is 0 Å². The average molecular weight is 287 g/mol. The molecule has 1 aromatic heterocycles. The van der Waals surface area contributed by atoms with Crippen LogP contribution in [0.3, 0.4) is 0 Å². The van der Waals surface area contributed by atoms with Crippen molar-refractivity contribution >= 4 is 27.5 Å². The lowest BCUT2D eigenvalue weighted by atomic mass is 9.94. The SMILES string of the molecule is CC1C=CC(n2c3ccccc3c3ccccc32)=CCC1C. The minimum Gasteiger partial charge on any atom is -0.310 e. The number of nitrogens with zero attached hydrogens (tertiary/aromatic N) is 1. The minimum atomic E-state index is 0.627. The quantitative estimate of drug-likeness (QED) is 0.527. The summed E-state index contributed by atoms with van der Waals surface area (Å²) in [4.78, 5) is 0. The molecule has 22 heavy (non-hydrogen) atoms. The van der Waals surface area contributed by atoms with Crippen molar-refractivity contribution in [1.29, 1.82) is 0 Å². The van der Waals surface area contributed by atoms with Gasteiger partial charge in [0.2, 0.25) is 0 Å². The molecule has 0 saturated heterocycles. The molecule has 2 atom stereocenters. The molecule has 0 saturated carbocycles. The maximum Gasteiger partial charge on any atom is 0.0540 e. The van der Waals surface area contributed by atoms with E-state index in [0.29, 0.717) is 11.8 Å². The van der Waals surface area contributed by atoms with Crippen molar-refractivity contribution in [3.8, 4) is 0 Å². The second-order valence-corrected chi connectivity index (χ2v) is 6.43. The fraction of sp³-hybridized carbons (Fsp3) is 0.238. The van der Waals surface area contributed by atoms with E-state index < -0.39 is 0 Å². The summed E-state index contributed by atoms with van der Waals surface area (Å²) in [5.41, 5.74) is 3.89. The predicted octanol–water partition coefficient (Wildman–Crippen LogP) is 5.87. The molecule has 4 rings (SSSR count). The molecule has 1 aliphatic rings. The molecule has 1 heterocycles. The predicted molar refractivity (Wildman–Crippen MR) is 95.8 cm³/mol. The average Bonchev–Trinajstić information content (AvgIpc) is 2.80. The number of hydrogen-bond acceptors (Lipinski definition) is 0. The monoisotopic (exact) mass is 287 g/mol. The second kappa shape index (κ2) is 5.17. The number of hydrogen-bond donors (Lipinski definition) is 0. The molecule has 2 aromatic carbocycles. The highest BCUT2D eigenvalue weighted by atomic mass is 15.0. The number of fused-ring (bicyclic) bond motifs is 3. The molecule has 0 fully saturated rings. The van der Waals surface area contributed by atoms with Gasteiger partial charge in [0.15, 0.2) is 0 Å². The molecule has 2 unspecified atom stereocenters. The van der Waals surface area contributed by atoms with Crippen molar-refractivity contribution in [2.45, 2.75) is 20.3 Å². The molecule has 0 radical (unpaired) electrons. The van der Waals surface area contributed by atoms with E-state index in [9.17, 15) is 0 Å². The van der Waals surface area contributed by atoms with Crippen LogP contribution in [0.5, 0.6) is 0 Å². The lowest BCUT2D eigenvalue weighted by Gasteiger charge is -2.11. The van der Waals surface area contributed by atoms with Crippen molar-refractivity contribution in [2.75, 3.05) is 0 Å². The summed E-state index contributed by atoms with van der Waals surface area (Å²) in [6.07, 6.45) is 8.17. The Labute approximate surface area is 131 Å². The van der Waals surface area contributed by atoms with Gasteiger partial charge in [-0.05, 0) is 36.5 Å². The van der Waals surface area contributed by atoms with Crippen molar-refractivity contribution in [1.82, 2.24) is 4.57 Å². The van der Waals surface area contributed by atoms with Gasteiger partial charge >= 0.3 is 0 Å². The number of rotatable bonds is 1. The molecular weight excluding hydrogens is 266 g/mol. The van der Waals surface area contributed by atoms with Crippen LogP contribution < -0.4 is 0 Å². The van der Waals surface area contributed by atoms with Crippen LogP contribution in [0.25, 0.3) is 27.5 Å². The number of aromatic nitrogens is 1. The zero-order valence-electron chi connectivity index (χ0n) is 13.2. The molecule has 3 aromatic rings. The van der Waals surface area contributed by atoms with Gasteiger partial charge < -0.3 is 4.57 Å². The van der Waals surface area contributed by atoms with E-state index in [1.807, 2.05) is 0 Å². The van der Waals surface area contributed by atoms with Gasteiger partial charge in [0.1, 0.15) is 0 Å². The summed E-state index contributed by atoms with van der Waals surface area (Å²) in [6, 6.07) is 17.4. The van der Waals surface area contributed by atoms with E-state index >= 15 is 0 Å². The van der Waals surface area contributed by atoms with Crippen molar-refractivity contribution < 1.29 is 0 Å². The Morgan fingerprint density at radius 1 is 0.864 bits per heavy atom. The summed E-state index contributed by atoms with van der Waals surface area (Å²) < 4.78 is 2.41. The molecular formula is C21H21N. The first-order valence-electron chi connectivity index (χ1n) is 8.12. The first-order chi connectivity index (χ1) is 10.8. The normalized spacial score (nSPS) is 22.0. The van der Waals surface area contributed by atoms with Crippen LogP contribution in [0.2, 0.25) is 0 Å². The highest BCUT2D eigenvalue weighted by Crippen LogP contribution is 2.33. The lowest BCUT2D eigenvalue weighted by Crippen LogP contribution is -2.02. The van der Waals surface area contributed by atoms with Crippen molar-refractivity contribution in [2.24, 2.45) is 11.8 Å². The topological polar surface area (TPSA) is 4.93 Å². The van der Waals surface area contributed by atoms with E-state index in [1.54, 1.807) is 0 Å². The van der Waals surface area contributed by atoms with Crippen LogP contribution in [0.4, 0.5) is 0 Å². The van der Waals surface area contributed by atoms with Gasteiger partial charge in [-0.3, -0.25) is 0 Å². The fourth-order valence-electron chi connectivity index (χ4n) is 3.40. The largest absolute Gasteiger partial charge is 0.310 e. The van der Waals surface area contributed by atoms with E-state index in [0.717, 1.165) is 6.42 Å². The molecule has 0 aliphatic heterocycles. The number of benzene rings is 2. The van der Waals surface area contributed by atoms with E-state index in [2.05, 4.69) is 85.2 Å². The third-order valence-corrected chi connectivity index (χ3v) is 5.01. The Morgan fingerprint density at radius 3 is 2.09 bits per heavy atom. The fourth-order valence-corrected chi connectivity index (χ4v) is 3.40. The van der Waals surface area contributed by atoms with E-state index in [-0.39, 0.29) is 0 Å². The molecule has 0 amide bonds. The molecule has 1 aliphatic carbocycles. The number of allylic oxidation sites excluding steroid dienone is 4. The standard InChI is InChI=1S/C21H21N/c1-15-11-13-17(14-12-16(15)2)22-20-9-5-3-7-18(20)19-8-4-6-10-21(19)22/h3-11,13-16H,12H2,1-2H3. The molecule has 1 nitrogen and oxygen atoms in total. The molecule has 110 valence electrons. The van der Waals surface area contributed by atoms with Gasteiger partial charge in [0.05, 0.1) is 11.0 Å². The third-order valence-electron chi connectivity index (χ3n) is 5.01. The summed E-state index contributed by atoms with van der Waals surface area (Å²) in [7, 11) is 0. The van der Waals surface area contributed by atoms with Crippen LogP contribution in [0.15, 0.2) is 66.8 Å². The highest BCUT2D eigenvalue weighted by molar-refractivity contribution is 6.10. The zero-order valence-corrected chi connectivity index (χ0v) is 13.2. The van der Waals surface area contributed by atoms with Crippen LogP contribution in [0, 0.1) is 11.8 Å². The Balaban J connectivity index is 2.03. The maximum absolute atomic E-state index is 2.41. The van der Waals surface area contributed by atoms with Gasteiger partial charge in [0, 0.05) is 16.5 Å². The maximum atomic E-state index is 2.41. The first kappa shape index (κ1) is 13.4. The second-order valence-electron chi connectivity index (χ2n) is 6.43. The van der Waals surface area contributed by atoms with Crippen LogP contribution in [-0.2, 0) is 0 Å². The van der Waals surface area contributed by atoms with Crippen LogP contribution in [0.1, 0.15) is 20.3 Å². The Hall–Kier alpha value is -2.28. The summed E-state index contributed by atoms with van der Waals surface area (Å²) >= 11 is 0. The summed E-state index contributed by atoms with van der Waals surface area (Å²) in [5, 5.41) is 2.66. The first-order valence-corrected chi connectivity index (χ1v) is 8.12. The van der Waals surface area contributed by atoms with Gasteiger partial charge in [-0.1, -0.05) is 62.4 Å². The van der Waals surface area contributed by atoms with Gasteiger partial charge in [0.25, 0.3) is 0 Å². The summed E-state index contributed by atoms with van der Waals surface area (Å²) in [5.74, 6) is 1.32. The lowest BCUT2D eigenvalue weighted by molar-refractivity contribution is 0.468. The zero-order chi connectivity index (χ0) is 15.1. The van der Waals surface area contributed by atoms with Gasteiger partial charge in [-0.15, -0.1) is 0 Å². The summed E-state index contributed by atoms with van der Waals surface area (Å²) in [6.45, 7) is 4.64. The van der Waals surface area contributed by atoms with Crippen molar-refractivity contribution in [3.63, 3.8) is 0 Å². The van der Waals surface area contributed by atoms with Gasteiger partial charge in [-0.2, -0.15) is 0 Å². The Kier molecular flexibility index (Phi) is 3.15. The van der Waals surface area contributed by atoms with Crippen molar-refractivity contribution in [3.05, 3.63) is 66.8 Å².